The summed E-state index contributed by atoms with van der Waals surface area (Å²) >= 11 is 0. The molecule has 2 nitrogen and oxygen atoms in total. The van der Waals surface area contributed by atoms with Gasteiger partial charge in [-0.15, -0.1) is 0 Å². The number of hydrogen-bond donors (Lipinski definition) is 1. The third kappa shape index (κ3) is 3.92. The van der Waals surface area contributed by atoms with Crippen molar-refractivity contribution in [2.24, 2.45) is 17.6 Å². The number of nitrogens with two attached hydrogens (primary N) is 1. The summed E-state index contributed by atoms with van der Waals surface area (Å²) in [6.45, 7) is 5.01. The van der Waals surface area contributed by atoms with E-state index in [1.165, 1.54) is 24.0 Å². The topological polar surface area (TPSA) is 43.1 Å². The number of benzene rings is 1. The molecule has 2 N–H and O–H groups in total. The van der Waals surface area contributed by atoms with Gasteiger partial charge in [-0.05, 0) is 43.7 Å². The van der Waals surface area contributed by atoms with Crippen LogP contribution >= 0.6 is 0 Å². The second-order valence-electron chi connectivity index (χ2n) is 6.14. The van der Waals surface area contributed by atoms with Crippen LogP contribution < -0.4 is 5.73 Å². The molecule has 1 aromatic rings. The predicted octanol–water partition coefficient (Wildman–Crippen LogP) is 3.40. The van der Waals surface area contributed by atoms with Gasteiger partial charge in [-0.25, -0.2) is 0 Å². The minimum atomic E-state index is -0.798. The fourth-order valence-corrected chi connectivity index (χ4v) is 5.20. The van der Waals surface area contributed by atoms with Crippen molar-refractivity contribution in [3.8, 4) is 0 Å². The van der Waals surface area contributed by atoms with E-state index < -0.39 is 10.8 Å². The van der Waals surface area contributed by atoms with E-state index >= 15 is 0 Å². The molecule has 0 saturated heterocycles. The lowest BCUT2D eigenvalue weighted by Crippen LogP contribution is -2.37. The monoisotopic (exact) mass is 293 g/mol. The Kier molecular flexibility index (Phi) is 5.79. The maximum absolute atomic E-state index is 12.8. The lowest BCUT2D eigenvalue weighted by atomic mass is 9.80. The Morgan fingerprint density at radius 2 is 2.15 bits per heavy atom. The van der Waals surface area contributed by atoms with E-state index in [2.05, 4.69) is 38.1 Å². The van der Waals surface area contributed by atoms with E-state index in [4.69, 9.17) is 5.73 Å². The zero-order valence-corrected chi connectivity index (χ0v) is 13.5. The molecule has 3 heteroatoms. The average molecular weight is 293 g/mol. The molecule has 0 aromatic heterocycles. The lowest BCUT2D eigenvalue weighted by Gasteiger charge is -2.34. The van der Waals surface area contributed by atoms with Gasteiger partial charge in [0.2, 0.25) is 0 Å². The van der Waals surface area contributed by atoms with Gasteiger partial charge >= 0.3 is 0 Å². The fraction of sp³-hybridized carbons (Fsp3) is 0.647. The third-order valence-corrected chi connectivity index (χ3v) is 6.52. The molecule has 4 atom stereocenters. The molecule has 112 valence electrons. The lowest BCUT2D eigenvalue weighted by molar-refractivity contribution is 0.280. The third-order valence-electron chi connectivity index (χ3n) is 4.65. The summed E-state index contributed by atoms with van der Waals surface area (Å²) in [6.07, 6.45) is 4.71. The van der Waals surface area contributed by atoms with Crippen LogP contribution in [0.5, 0.6) is 0 Å². The van der Waals surface area contributed by atoms with Crippen molar-refractivity contribution in [2.75, 3.05) is 6.54 Å². The van der Waals surface area contributed by atoms with Crippen molar-refractivity contribution >= 4 is 10.8 Å². The Bertz CT molecular complexity index is 460. The molecule has 0 aliphatic heterocycles. The van der Waals surface area contributed by atoms with Crippen LogP contribution in [0.1, 0.15) is 43.7 Å². The van der Waals surface area contributed by atoms with Crippen molar-refractivity contribution < 1.29 is 4.21 Å². The van der Waals surface area contributed by atoms with E-state index in [-0.39, 0.29) is 0 Å². The van der Waals surface area contributed by atoms with Crippen LogP contribution in [0.2, 0.25) is 0 Å². The Hall–Kier alpha value is -0.670. The Morgan fingerprint density at radius 1 is 1.35 bits per heavy atom. The molecule has 0 heterocycles. The van der Waals surface area contributed by atoms with E-state index in [9.17, 15) is 4.21 Å². The first-order chi connectivity index (χ1) is 9.63. The molecule has 0 radical (unpaired) electrons. The molecule has 1 aromatic carbocycles. The molecule has 1 aliphatic rings. The number of aryl methyl sites for hydroxylation is 1. The van der Waals surface area contributed by atoms with Gasteiger partial charge in [0.05, 0.1) is 0 Å². The van der Waals surface area contributed by atoms with Crippen molar-refractivity contribution in [1.29, 1.82) is 0 Å². The minimum absolute atomic E-state index is 0.291. The van der Waals surface area contributed by atoms with Gasteiger partial charge in [-0.2, -0.15) is 0 Å². The Morgan fingerprint density at radius 3 is 2.80 bits per heavy atom. The van der Waals surface area contributed by atoms with Crippen LogP contribution in [0, 0.1) is 18.8 Å². The van der Waals surface area contributed by atoms with Gasteiger partial charge in [-0.3, -0.25) is 4.21 Å². The van der Waals surface area contributed by atoms with Crippen LogP contribution in [0.3, 0.4) is 0 Å². The predicted molar refractivity (Wildman–Crippen MR) is 87.0 cm³/mol. The highest BCUT2D eigenvalue weighted by molar-refractivity contribution is 7.84. The summed E-state index contributed by atoms with van der Waals surface area (Å²) in [7, 11) is -0.798. The van der Waals surface area contributed by atoms with Gasteiger partial charge in [0.15, 0.2) is 0 Å². The smallest absolute Gasteiger partial charge is 0.0488 e. The van der Waals surface area contributed by atoms with Gasteiger partial charge in [0, 0.05) is 21.8 Å². The summed E-state index contributed by atoms with van der Waals surface area (Å²) in [4.78, 5) is 0. The molecule has 1 fully saturated rings. The normalized spacial score (nSPS) is 28.2. The van der Waals surface area contributed by atoms with Crippen molar-refractivity contribution in [3.63, 3.8) is 0 Å². The largest absolute Gasteiger partial charge is 0.330 e. The molecule has 0 spiro atoms. The highest BCUT2D eigenvalue weighted by Crippen LogP contribution is 2.34. The first-order valence-electron chi connectivity index (χ1n) is 7.76. The molecule has 0 bridgehead atoms. The molecule has 4 unspecified atom stereocenters. The van der Waals surface area contributed by atoms with Gasteiger partial charge < -0.3 is 5.73 Å². The summed E-state index contributed by atoms with van der Waals surface area (Å²) in [5.74, 6) is 1.87. The molecule has 0 amide bonds. The second-order valence-corrected chi connectivity index (χ2v) is 7.79. The highest BCUT2D eigenvalue weighted by Gasteiger charge is 2.32. The molecule has 1 saturated carbocycles. The summed E-state index contributed by atoms with van der Waals surface area (Å²) in [6, 6.07) is 8.37. The van der Waals surface area contributed by atoms with Crippen molar-refractivity contribution in [2.45, 2.75) is 50.5 Å². The highest BCUT2D eigenvalue weighted by atomic mass is 32.2. The molecular weight excluding hydrogens is 266 g/mol. The average Bonchev–Trinajstić information content (AvgIpc) is 2.46. The van der Waals surface area contributed by atoms with E-state index in [0.29, 0.717) is 23.5 Å². The van der Waals surface area contributed by atoms with E-state index in [0.717, 1.165) is 18.8 Å². The molecule has 20 heavy (non-hydrogen) atoms. The zero-order chi connectivity index (χ0) is 14.5. The summed E-state index contributed by atoms with van der Waals surface area (Å²) in [5, 5.41) is 0.291. The first-order valence-corrected chi connectivity index (χ1v) is 9.15. The summed E-state index contributed by atoms with van der Waals surface area (Å²) in [5.41, 5.74) is 8.33. The van der Waals surface area contributed by atoms with E-state index in [1.807, 2.05) is 0 Å². The van der Waals surface area contributed by atoms with Crippen molar-refractivity contribution in [3.05, 3.63) is 35.4 Å². The number of hydrogen-bond acceptors (Lipinski definition) is 2. The van der Waals surface area contributed by atoms with Crippen LogP contribution in [-0.2, 0) is 16.6 Å². The SMILES string of the molecule is CCC1CCC(CN)C(S(=O)Cc2cccc(C)c2)C1. The standard InChI is InChI=1S/C17H27NOS/c1-3-14-7-8-16(11-18)17(10-14)20(19)12-15-6-4-5-13(2)9-15/h4-6,9,14,16-17H,3,7-8,10-12,18H2,1-2H3. The summed E-state index contributed by atoms with van der Waals surface area (Å²) < 4.78 is 12.8. The fourth-order valence-electron chi connectivity index (χ4n) is 3.31. The Balaban J connectivity index is 2.05. The quantitative estimate of drug-likeness (QED) is 0.904. The maximum Gasteiger partial charge on any atom is 0.0488 e. The van der Waals surface area contributed by atoms with Gasteiger partial charge in [0.25, 0.3) is 0 Å². The van der Waals surface area contributed by atoms with Crippen LogP contribution in [0.15, 0.2) is 24.3 Å². The Labute approximate surface area is 125 Å². The number of rotatable bonds is 5. The van der Waals surface area contributed by atoms with Crippen LogP contribution in [-0.4, -0.2) is 16.0 Å². The minimum Gasteiger partial charge on any atom is -0.330 e. The van der Waals surface area contributed by atoms with Crippen LogP contribution in [0.4, 0.5) is 0 Å². The first kappa shape index (κ1) is 15.7. The second kappa shape index (κ2) is 7.37. The molecular formula is C17H27NOS. The van der Waals surface area contributed by atoms with Gasteiger partial charge in [0.1, 0.15) is 0 Å². The van der Waals surface area contributed by atoms with Gasteiger partial charge in [-0.1, -0.05) is 49.6 Å². The molecule has 1 aliphatic carbocycles. The zero-order valence-electron chi connectivity index (χ0n) is 12.7. The maximum atomic E-state index is 12.8. The molecule has 2 rings (SSSR count). The van der Waals surface area contributed by atoms with Crippen LogP contribution in [0.25, 0.3) is 0 Å². The van der Waals surface area contributed by atoms with E-state index in [1.54, 1.807) is 0 Å². The van der Waals surface area contributed by atoms with Crippen molar-refractivity contribution in [1.82, 2.24) is 0 Å².